The van der Waals surface area contributed by atoms with Crippen LogP contribution in [0.25, 0.3) is 0 Å². The maximum atomic E-state index is 12.3. The molecule has 1 unspecified atom stereocenters. The van der Waals surface area contributed by atoms with Crippen LogP contribution in [-0.2, 0) is 22.9 Å². The van der Waals surface area contributed by atoms with E-state index in [2.05, 4.69) is 4.72 Å². The van der Waals surface area contributed by atoms with Crippen LogP contribution in [0.15, 0.2) is 33.2 Å². The molecule has 1 atom stereocenters. The summed E-state index contributed by atoms with van der Waals surface area (Å²) in [6.45, 7) is 2.41. The smallest absolute Gasteiger partial charge is 0.250 e. The molecule has 110 valence electrons. The van der Waals surface area contributed by atoms with Crippen LogP contribution >= 0.6 is 22.7 Å². The minimum atomic E-state index is -3.43. The Kier molecular flexibility index (Phi) is 5.34. The third kappa shape index (κ3) is 4.13. The summed E-state index contributed by atoms with van der Waals surface area (Å²) in [4.78, 5) is 0.998. The van der Waals surface area contributed by atoms with Crippen molar-refractivity contribution in [3.05, 3.63) is 39.4 Å². The van der Waals surface area contributed by atoms with Crippen molar-refractivity contribution in [2.24, 2.45) is 5.73 Å². The molecule has 3 N–H and O–H groups in total. The third-order valence-electron chi connectivity index (χ3n) is 2.77. The summed E-state index contributed by atoms with van der Waals surface area (Å²) in [5.41, 5.74) is 6.63. The van der Waals surface area contributed by atoms with Crippen molar-refractivity contribution in [3.8, 4) is 0 Å². The fraction of sp³-hybridized carbons (Fsp3) is 0.385. The number of nitrogens with one attached hydrogen (secondary N) is 1. The number of sulfonamides is 1. The van der Waals surface area contributed by atoms with Gasteiger partial charge in [0.05, 0.1) is 0 Å². The van der Waals surface area contributed by atoms with Gasteiger partial charge in [-0.3, -0.25) is 0 Å². The molecule has 7 heteroatoms. The van der Waals surface area contributed by atoms with Gasteiger partial charge in [0.1, 0.15) is 4.21 Å². The lowest BCUT2D eigenvalue weighted by molar-refractivity contribution is 0.562. The second kappa shape index (κ2) is 6.82. The van der Waals surface area contributed by atoms with Crippen LogP contribution in [0.5, 0.6) is 0 Å². The van der Waals surface area contributed by atoms with E-state index in [9.17, 15) is 8.42 Å². The van der Waals surface area contributed by atoms with Gasteiger partial charge in [0.2, 0.25) is 10.0 Å². The highest BCUT2D eigenvalue weighted by Crippen LogP contribution is 2.22. The molecule has 0 fully saturated rings. The second-order valence-corrected chi connectivity index (χ2v) is 8.51. The first-order valence-corrected chi connectivity index (χ1v) is 9.57. The van der Waals surface area contributed by atoms with E-state index in [1.807, 2.05) is 29.8 Å². The molecular formula is C13H18N2O2S3. The molecule has 2 aromatic heterocycles. The minimum absolute atomic E-state index is 0.130. The predicted molar refractivity (Wildman–Crippen MR) is 84.9 cm³/mol. The van der Waals surface area contributed by atoms with E-state index in [4.69, 9.17) is 5.73 Å². The SMILES string of the molecule is CC(Cc1ccsc1)NS(=O)(=O)c1ccc(CCN)s1. The molecule has 0 aliphatic heterocycles. The van der Waals surface area contributed by atoms with Gasteiger partial charge >= 0.3 is 0 Å². The Hall–Kier alpha value is -0.730. The molecule has 0 spiro atoms. The van der Waals surface area contributed by atoms with Crippen LogP contribution < -0.4 is 10.5 Å². The van der Waals surface area contributed by atoms with E-state index in [0.717, 1.165) is 10.4 Å². The van der Waals surface area contributed by atoms with Crippen molar-refractivity contribution in [2.45, 2.75) is 30.0 Å². The highest BCUT2D eigenvalue weighted by molar-refractivity contribution is 7.91. The summed E-state index contributed by atoms with van der Waals surface area (Å²) >= 11 is 2.90. The van der Waals surface area contributed by atoms with E-state index < -0.39 is 10.0 Å². The molecule has 0 aromatic carbocycles. The lowest BCUT2D eigenvalue weighted by Crippen LogP contribution is -2.33. The molecule has 2 aromatic rings. The first-order chi connectivity index (χ1) is 9.51. The van der Waals surface area contributed by atoms with E-state index in [1.54, 1.807) is 17.4 Å². The van der Waals surface area contributed by atoms with Crippen LogP contribution in [0.1, 0.15) is 17.4 Å². The lowest BCUT2D eigenvalue weighted by atomic mass is 10.1. The van der Waals surface area contributed by atoms with Crippen LogP contribution in [0.3, 0.4) is 0 Å². The average molecular weight is 331 g/mol. The molecule has 2 rings (SSSR count). The van der Waals surface area contributed by atoms with Crippen molar-refractivity contribution in [3.63, 3.8) is 0 Å². The Balaban J connectivity index is 2.02. The van der Waals surface area contributed by atoms with E-state index in [1.165, 1.54) is 11.3 Å². The third-order valence-corrected chi connectivity index (χ3v) is 6.73. The number of thiophene rings is 2. The van der Waals surface area contributed by atoms with Gasteiger partial charge < -0.3 is 5.73 Å². The summed E-state index contributed by atoms with van der Waals surface area (Å²) < 4.78 is 27.6. The minimum Gasteiger partial charge on any atom is -0.330 e. The van der Waals surface area contributed by atoms with E-state index in [-0.39, 0.29) is 6.04 Å². The fourth-order valence-corrected chi connectivity index (χ4v) is 5.22. The molecule has 0 saturated heterocycles. The zero-order valence-electron chi connectivity index (χ0n) is 11.2. The maximum Gasteiger partial charge on any atom is 0.250 e. The summed E-state index contributed by atoms with van der Waals surface area (Å²) in [5.74, 6) is 0. The van der Waals surface area contributed by atoms with Gasteiger partial charge in [0, 0.05) is 10.9 Å². The second-order valence-electron chi connectivity index (χ2n) is 4.62. The Morgan fingerprint density at radius 1 is 1.35 bits per heavy atom. The van der Waals surface area contributed by atoms with Crippen molar-refractivity contribution < 1.29 is 8.42 Å². The lowest BCUT2D eigenvalue weighted by Gasteiger charge is -2.12. The topological polar surface area (TPSA) is 72.2 Å². The predicted octanol–water partition coefficient (Wildman–Crippen LogP) is 2.22. The number of hydrogen-bond donors (Lipinski definition) is 2. The first kappa shape index (κ1) is 15.7. The Labute approximate surface area is 127 Å². The highest BCUT2D eigenvalue weighted by Gasteiger charge is 2.19. The Morgan fingerprint density at radius 2 is 2.15 bits per heavy atom. The Morgan fingerprint density at radius 3 is 2.80 bits per heavy atom. The zero-order valence-corrected chi connectivity index (χ0v) is 13.7. The van der Waals surface area contributed by atoms with Gasteiger partial charge in [0.15, 0.2) is 0 Å². The molecule has 0 saturated carbocycles. The van der Waals surface area contributed by atoms with Gasteiger partial charge in [-0.05, 0) is 60.8 Å². The van der Waals surface area contributed by atoms with Crippen molar-refractivity contribution in [2.75, 3.05) is 6.54 Å². The molecule has 2 heterocycles. The first-order valence-electron chi connectivity index (χ1n) is 6.33. The van der Waals surface area contributed by atoms with Crippen LogP contribution in [0.4, 0.5) is 0 Å². The molecular weight excluding hydrogens is 312 g/mol. The molecule has 0 aliphatic carbocycles. The van der Waals surface area contributed by atoms with Gasteiger partial charge in [-0.15, -0.1) is 11.3 Å². The van der Waals surface area contributed by atoms with Gasteiger partial charge in [-0.1, -0.05) is 0 Å². The summed E-state index contributed by atoms with van der Waals surface area (Å²) in [6.07, 6.45) is 1.41. The van der Waals surface area contributed by atoms with E-state index in [0.29, 0.717) is 23.6 Å². The number of nitrogens with two attached hydrogens (primary N) is 1. The van der Waals surface area contributed by atoms with E-state index >= 15 is 0 Å². The van der Waals surface area contributed by atoms with Crippen molar-refractivity contribution in [1.29, 1.82) is 0 Å². The average Bonchev–Trinajstić information content (AvgIpc) is 3.00. The molecule has 0 aliphatic rings. The van der Waals surface area contributed by atoms with Crippen molar-refractivity contribution in [1.82, 2.24) is 4.72 Å². The number of hydrogen-bond acceptors (Lipinski definition) is 5. The largest absolute Gasteiger partial charge is 0.330 e. The zero-order chi connectivity index (χ0) is 14.6. The van der Waals surface area contributed by atoms with Crippen molar-refractivity contribution >= 4 is 32.7 Å². The monoisotopic (exact) mass is 330 g/mol. The quantitative estimate of drug-likeness (QED) is 0.817. The molecule has 0 bridgehead atoms. The van der Waals surface area contributed by atoms with Gasteiger partial charge in [-0.25, -0.2) is 13.1 Å². The summed E-state index contributed by atoms with van der Waals surface area (Å²) in [7, 11) is -3.43. The van der Waals surface area contributed by atoms with Gasteiger partial charge in [-0.2, -0.15) is 11.3 Å². The molecule has 20 heavy (non-hydrogen) atoms. The molecule has 0 amide bonds. The molecule has 0 radical (unpaired) electrons. The van der Waals surface area contributed by atoms with Crippen LogP contribution in [0.2, 0.25) is 0 Å². The fourth-order valence-electron chi connectivity index (χ4n) is 1.91. The normalized spacial score (nSPS) is 13.5. The highest BCUT2D eigenvalue weighted by atomic mass is 32.2. The van der Waals surface area contributed by atoms with Gasteiger partial charge in [0.25, 0.3) is 0 Å². The Bertz CT molecular complexity index is 632. The molecule has 4 nitrogen and oxygen atoms in total. The standard InChI is InChI=1S/C13H18N2O2S3/c1-10(8-11-5-7-18-9-11)15-20(16,17)13-3-2-12(19-13)4-6-14/h2-3,5,7,9-10,15H,4,6,8,14H2,1H3. The van der Waals surface area contributed by atoms with Crippen LogP contribution in [0, 0.1) is 0 Å². The summed E-state index contributed by atoms with van der Waals surface area (Å²) in [6, 6.07) is 5.36. The summed E-state index contributed by atoms with van der Waals surface area (Å²) in [5, 5.41) is 4.03. The van der Waals surface area contributed by atoms with Crippen LogP contribution in [-0.4, -0.2) is 21.0 Å². The number of rotatable bonds is 7. The maximum absolute atomic E-state index is 12.3.